The molecule has 3 heteroatoms. The predicted molar refractivity (Wildman–Crippen MR) is 58.8 cm³/mol. The number of aliphatic hydroxyl groups excluding tert-OH is 1. The van der Waals surface area contributed by atoms with Gasteiger partial charge in [0.1, 0.15) is 0 Å². The maximum absolute atomic E-state index is 11.7. The van der Waals surface area contributed by atoms with Gasteiger partial charge in [0.2, 0.25) is 0 Å². The Labute approximate surface area is 88.6 Å². The van der Waals surface area contributed by atoms with Crippen LogP contribution in [0.3, 0.4) is 0 Å². The fraction of sp³-hybridized carbons (Fsp3) is 0.545. The van der Waals surface area contributed by atoms with E-state index in [1.807, 2.05) is 31.4 Å². The Hall–Kier alpha value is -0.670. The SMILES string of the molecule is CC(C)(CCO)CC(=O)c1cccs1. The summed E-state index contributed by atoms with van der Waals surface area (Å²) in [4.78, 5) is 12.5. The quantitative estimate of drug-likeness (QED) is 0.762. The first-order valence-corrected chi connectivity index (χ1v) is 5.61. The first kappa shape index (κ1) is 11.4. The van der Waals surface area contributed by atoms with Gasteiger partial charge in [-0.3, -0.25) is 4.79 Å². The lowest BCUT2D eigenvalue weighted by molar-refractivity contribution is 0.0915. The number of rotatable bonds is 5. The molecule has 0 radical (unpaired) electrons. The fourth-order valence-corrected chi connectivity index (χ4v) is 2.01. The van der Waals surface area contributed by atoms with Crippen molar-refractivity contribution in [2.45, 2.75) is 26.7 Å². The van der Waals surface area contributed by atoms with Crippen molar-refractivity contribution in [3.8, 4) is 0 Å². The number of ketones is 1. The molecule has 0 saturated heterocycles. The lowest BCUT2D eigenvalue weighted by Gasteiger charge is -2.21. The molecule has 0 unspecified atom stereocenters. The normalized spacial score (nSPS) is 11.6. The molecule has 2 nitrogen and oxygen atoms in total. The molecule has 0 saturated carbocycles. The van der Waals surface area contributed by atoms with Crippen LogP contribution >= 0.6 is 11.3 Å². The van der Waals surface area contributed by atoms with E-state index in [0.717, 1.165) is 4.88 Å². The molecule has 0 aliphatic carbocycles. The molecule has 0 bridgehead atoms. The minimum Gasteiger partial charge on any atom is -0.396 e. The molecular weight excluding hydrogens is 196 g/mol. The van der Waals surface area contributed by atoms with Gasteiger partial charge in [0.05, 0.1) is 4.88 Å². The van der Waals surface area contributed by atoms with Gasteiger partial charge in [-0.2, -0.15) is 0 Å². The largest absolute Gasteiger partial charge is 0.396 e. The van der Waals surface area contributed by atoms with Crippen molar-refractivity contribution in [1.29, 1.82) is 0 Å². The summed E-state index contributed by atoms with van der Waals surface area (Å²) in [6, 6.07) is 3.74. The van der Waals surface area contributed by atoms with Crippen molar-refractivity contribution in [2.24, 2.45) is 5.41 Å². The highest BCUT2D eigenvalue weighted by Crippen LogP contribution is 2.27. The molecule has 0 aromatic carbocycles. The molecule has 0 spiro atoms. The Morgan fingerprint density at radius 1 is 1.57 bits per heavy atom. The number of thiophene rings is 1. The molecule has 0 aliphatic heterocycles. The third kappa shape index (κ3) is 3.24. The zero-order valence-electron chi connectivity index (χ0n) is 8.62. The second kappa shape index (κ2) is 4.71. The van der Waals surface area contributed by atoms with E-state index in [0.29, 0.717) is 12.8 Å². The summed E-state index contributed by atoms with van der Waals surface area (Å²) >= 11 is 1.48. The highest BCUT2D eigenvalue weighted by Gasteiger charge is 2.22. The van der Waals surface area contributed by atoms with Crippen molar-refractivity contribution in [3.63, 3.8) is 0 Å². The summed E-state index contributed by atoms with van der Waals surface area (Å²) in [6.45, 7) is 4.16. The molecule has 0 atom stereocenters. The number of hydrogen-bond acceptors (Lipinski definition) is 3. The van der Waals surface area contributed by atoms with Gasteiger partial charge in [-0.1, -0.05) is 19.9 Å². The molecule has 14 heavy (non-hydrogen) atoms. The third-order valence-electron chi connectivity index (χ3n) is 2.22. The molecule has 1 N–H and O–H groups in total. The molecule has 78 valence electrons. The third-order valence-corrected chi connectivity index (χ3v) is 3.13. The molecule has 0 amide bonds. The van der Waals surface area contributed by atoms with Crippen LogP contribution in [-0.2, 0) is 0 Å². The first-order chi connectivity index (χ1) is 6.55. The van der Waals surface area contributed by atoms with Gasteiger partial charge in [0.15, 0.2) is 5.78 Å². The smallest absolute Gasteiger partial charge is 0.173 e. The van der Waals surface area contributed by atoms with Gasteiger partial charge < -0.3 is 5.11 Å². The van der Waals surface area contributed by atoms with E-state index in [-0.39, 0.29) is 17.8 Å². The summed E-state index contributed by atoms with van der Waals surface area (Å²) in [5.74, 6) is 0.179. The van der Waals surface area contributed by atoms with Crippen LogP contribution in [0.4, 0.5) is 0 Å². The van der Waals surface area contributed by atoms with Gasteiger partial charge >= 0.3 is 0 Å². The lowest BCUT2D eigenvalue weighted by Crippen LogP contribution is -2.18. The topological polar surface area (TPSA) is 37.3 Å². The Morgan fingerprint density at radius 3 is 2.79 bits per heavy atom. The van der Waals surface area contributed by atoms with Gasteiger partial charge in [-0.05, 0) is 23.3 Å². The molecule has 1 aromatic rings. The van der Waals surface area contributed by atoms with E-state index in [2.05, 4.69) is 0 Å². The highest BCUT2D eigenvalue weighted by molar-refractivity contribution is 7.12. The van der Waals surface area contributed by atoms with Crippen LogP contribution in [0.15, 0.2) is 17.5 Å². The van der Waals surface area contributed by atoms with Gasteiger partial charge in [0, 0.05) is 13.0 Å². The summed E-state index contributed by atoms with van der Waals surface area (Å²) < 4.78 is 0. The van der Waals surface area contributed by atoms with Crippen LogP contribution in [0, 0.1) is 5.41 Å². The zero-order chi connectivity index (χ0) is 10.6. The molecular formula is C11H16O2S. The van der Waals surface area contributed by atoms with Crippen LogP contribution < -0.4 is 0 Å². The molecule has 0 fully saturated rings. The van der Waals surface area contributed by atoms with Gasteiger partial charge in [-0.15, -0.1) is 11.3 Å². The molecule has 1 rings (SSSR count). The Morgan fingerprint density at radius 2 is 2.29 bits per heavy atom. The number of carbonyl (C=O) groups excluding carboxylic acids is 1. The van der Waals surface area contributed by atoms with Gasteiger partial charge in [0.25, 0.3) is 0 Å². The molecule has 0 aliphatic rings. The summed E-state index contributed by atoms with van der Waals surface area (Å²) in [7, 11) is 0. The van der Waals surface area contributed by atoms with Crippen LogP contribution in [0.25, 0.3) is 0 Å². The van der Waals surface area contributed by atoms with Crippen molar-refractivity contribution >= 4 is 17.1 Å². The van der Waals surface area contributed by atoms with E-state index in [4.69, 9.17) is 5.11 Å². The van der Waals surface area contributed by atoms with E-state index in [1.165, 1.54) is 11.3 Å². The van der Waals surface area contributed by atoms with Crippen molar-refractivity contribution < 1.29 is 9.90 Å². The summed E-state index contributed by atoms with van der Waals surface area (Å²) in [5.41, 5.74) is -0.101. The van der Waals surface area contributed by atoms with Crippen molar-refractivity contribution in [2.75, 3.05) is 6.61 Å². The second-order valence-electron chi connectivity index (χ2n) is 4.22. The fourth-order valence-electron chi connectivity index (χ4n) is 1.35. The maximum Gasteiger partial charge on any atom is 0.173 e. The van der Waals surface area contributed by atoms with Crippen LogP contribution in [0.5, 0.6) is 0 Å². The maximum atomic E-state index is 11.7. The van der Waals surface area contributed by atoms with E-state index in [9.17, 15) is 4.79 Å². The van der Waals surface area contributed by atoms with E-state index in [1.54, 1.807) is 0 Å². The standard InChI is InChI=1S/C11H16O2S/c1-11(2,5-6-12)8-9(13)10-4-3-7-14-10/h3-4,7,12H,5-6,8H2,1-2H3. The lowest BCUT2D eigenvalue weighted by atomic mass is 9.84. The Kier molecular flexibility index (Phi) is 3.84. The second-order valence-corrected chi connectivity index (χ2v) is 5.16. The molecule has 1 aromatic heterocycles. The first-order valence-electron chi connectivity index (χ1n) is 4.73. The Bertz CT molecular complexity index is 288. The minimum atomic E-state index is -0.101. The summed E-state index contributed by atoms with van der Waals surface area (Å²) in [5, 5.41) is 10.7. The minimum absolute atomic E-state index is 0.101. The van der Waals surface area contributed by atoms with Crippen molar-refractivity contribution in [1.82, 2.24) is 0 Å². The number of aliphatic hydroxyl groups is 1. The number of carbonyl (C=O) groups is 1. The van der Waals surface area contributed by atoms with Crippen LogP contribution in [0.2, 0.25) is 0 Å². The number of Topliss-reactive ketones (excluding diaryl/α,β-unsaturated/α-hetero) is 1. The molecule has 1 heterocycles. The monoisotopic (exact) mass is 212 g/mol. The average Bonchev–Trinajstić information content (AvgIpc) is 2.53. The van der Waals surface area contributed by atoms with Crippen LogP contribution in [-0.4, -0.2) is 17.5 Å². The predicted octanol–water partition coefficient (Wildman–Crippen LogP) is 2.73. The van der Waals surface area contributed by atoms with Gasteiger partial charge in [-0.25, -0.2) is 0 Å². The van der Waals surface area contributed by atoms with Crippen molar-refractivity contribution in [3.05, 3.63) is 22.4 Å². The highest BCUT2D eigenvalue weighted by atomic mass is 32.1. The van der Waals surface area contributed by atoms with E-state index < -0.39 is 0 Å². The zero-order valence-corrected chi connectivity index (χ0v) is 9.43. The average molecular weight is 212 g/mol. The number of hydrogen-bond donors (Lipinski definition) is 1. The van der Waals surface area contributed by atoms with E-state index >= 15 is 0 Å². The summed E-state index contributed by atoms with van der Waals surface area (Å²) in [6.07, 6.45) is 1.18. The van der Waals surface area contributed by atoms with Crippen LogP contribution in [0.1, 0.15) is 36.4 Å². The Balaban J connectivity index is 2.57.